The van der Waals surface area contributed by atoms with Gasteiger partial charge >= 0.3 is 0 Å². The predicted molar refractivity (Wildman–Crippen MR) is 87.4 cm³/mol. The number of oxazole rings is 1. The zero-order chi connectivity index (χ0) is 16.6. The van der Waals surface area contributed by atoms with Gasteiger partial charge in [-0.25, -0.2) is 9.97 Å². The summed E-state index contributed by atoms with van der Waals surface area (Å²) < 4.78 is 5.88. The Morgan fingerprint density at radius 2 is 2.17 bits per heavy atom. The average molecular weight is 314 g/mol. The maximum Gasteiger partial charge on any atom is 0.257 e. The Bertz CT molecular complexity index is 730. The number of fused-ring (bicyclic) bond motifs is 1. The first-order chi connectivity index (χ1) is 10.9. The van der Waals surface area contributed by atoms with E-state index >= 15 is 0 Å². The minimum atomic E-state index is -0.130. The Balaban J connectivity index is 1.84. The van der Waals surface area contributed by atoms with Gasteiger partial charge in [-0.1, -0.05) is 20.8 Å². The number of anilines is 1. The summed E-state index contributed by atoms with van der Waals surface area (Å²) in [6.07, 6.45) is 2.36. The number of amides is 1. The lowest BCUT2D eigenvalue weighted by atomic mass is 9.97. The summed E-state index contributed by atoms with van der Waals surface area (Å²) in [4.78, 5) is 23.4. The van der Waals surface area contributed by atoms with Crippen LogP contribution in [0.25, 0.3) is 0 Å². The van der Waals surface area contributed by atoms with Gasteiger partial charge in [-0.2, -0.15) is 0 Å². The van der Waals surface area contributed by atoms with Gasteiger partial charge in [0.2, 0.25) is 0 Å². The second-order valence-corrected chi connectivity index (χ2v) is 6.77. The van der Waals surface area contributed by atoms with Crippen molar-refractivity contribution in [2.24, 2.45) is 0 Å². The average Bonchev–Trinajstić information content (AvgIpc) is 2.97. The van der Waals surface area contributed by atoms with Gasteiger partial charge in [0.15, 0.2) is 5.89 Å². The fourth-order valence-electron chi connectivity index (χ4n) is 2.64. The summed E-state index contributed by atoms with van der Waals surface area (Å²) in [5.74, 6) is 2.19. The topological polar surface area (TPSA) is 71.3 Å². The molecule has 0 unspecified atom stereocenters. The number of hydrogen-bond acceptors (Lipinski definition) is 5. The summed E-state index contributed by atoms with van der Waals surface area (Å²) in [7, 11) is 1.76. The lowest BCUT2D eigenvalue weighted by molar-refractivity contribution is 0.0728. The Hall–Kier alpha value is -2.37. The predicted octanol–water partition coefficient (Wildman–Crippen LogP) is 2.61. The molecule has 2 aromatic rings. The molecule has 1 aliphatic rings. The SMILES string of the molecule is CNc1ncccc1C(=O)N1CCc2oc(C(C)(C)C)nc2C1. The van der Waals surface area contributed by atoms with Crippen LogP contribution in [0.2, 0.25) is 0 Å². The van der Waals surface area contributed by atoms with Crippen LogP contribution in [-0.4, -0.2) is 34.4 Å². The molecule has 0 radical (unpaired) electrons. The Kier molecular flexibility index (Phi) is 3.83. The second-order valence-electron chi connectivity index (χ2n) is 6.77. The zero-order valence-electron chi connectivity index (χ0n) is 14.0. The van der Waals surface area contributed by atoms with Crippen molar-refractivity contribution in [3.8, 4) is 0 Å². The van der Waals surface area contributed by atoms with Crippen LogP contribution in [0.3, 0.4) is 0 Å². The monoisotopic (exact) mass is 314 g/mol. The van der Waals surface area contributed by atoms with Crippen molar-refractivity contribution in [2.45, 2.75) is 39.2 Å². The largest absolute Gasteiger partial charge is 0.445 e. The van der Waals surface area contributed by atoms with E-state index in [9.17, 15) is 4.79 Å². The molecule has 0 saturated carbocycles. The molecule has 23 heavy (non-hydrogen) atoms. The first-order valence-electron chi connectivity index (χ1n) is 7.81. The van der Waals surface area contributed by atoms with E-state index in [1.165, 1.54) is 0 Å². The maximum absolute atomic E-state index is 12.8. The van der Waals surface area contributed by atoms with Crippen LogP contribution in [0.5, 0.6) is 0 Å². The van der Waals surface area contributed by atoms with Crippen LogP contribution >= 0.6 is 0 Å². The molecule has 0 atom stereocenters. The Labute approximate surface area is 135 Å². The molecule has 6 nitrogen and oxygen atoms in total. The number of aromatic nitrogens is 2. The third kappa shape index (κ3) is 2.93. The molecule has 1 aliphatic heterocycles. The van der Waals surface area contributed by atoms with Gasteiger partial charge in [0, 0.05) is 31.6 Å². The molecule has 0 aromatic carbocycles. The van der Waals surface area contributed by atoms with Gasteiger partial charge in [-0.05, 0) is 12.1 Å². The molecule has 3 rings (SSSR count). The molecule has 2 aromatic heterocycles. The van der Waals surface area contributed by atoms with Gasteiger partial charge in [0.05, 0.1) is 12.1 Å². The molecule has 0 fully saturated rings. The number of carbonyl (C=O) groups excluding carboxylic acids is 1. The number of hydrogen-bond donors (Lipinski definition) is 1. The van der Waals surface area contributed by atoms with Gasteiger partial charge < -0.3 is 14.6 Å². The van der Waals surface area contributed by atoms with Crippen LogP contribution in [0, 0.1) is 0 Å². The van der Waals surface area contributed by atoms with Crippen molar-refractivity contribution in [1.29, 1.82) is 0 Å². The lowest BCUT2D eigenvalue weighted by Gasteiger charge is -2.25. The summed E-state index contributed by atoms with van der Waals surface area (Å²) in [5, 5.41) is 2.97. The van der Waals surface area contributed by atoms with Crippen molar-refractivity contribution >= 4 is 11.7 Å². The van der Waals surface area contributed by atoms with Crippen molar-refractivity contribution in [1.82, 2.24) is 14.9 Å². The Morgan fingerprint density at radius 1 is 1.39 bits per heavy atom. The standard InChI is InChI=1S/C17H22N4O2/c1-17(2,3)16-20-12-10-21(9-7-13(12)23-16)15(22)11-6-5-8-19-14(11)18-4/h5-6,8H,7,9-10H2,1-4H3,(H,18,19). The van der Waals surface area contributed by atoms with Crippen LogP contribution in [-0.2, 0) is 18.4 Å². The van der Waals surface area contributed by atoms with E-state index in [-0.39, 0.29) is 11.3 Å². The van der Waals surface area contributed by atoms with Crippen LogP contribution in [0.15, 0.2) is 22.7 Å². The number of carbonyl (C=O) groups is 1. The zero-order valence-corrected chi connectivity index (χ0v) is 14.0. The highest BCUT2D eigenvalue weighted by molar-refractivity contribution is 5.98. The molecule has 1 N–H and O–H groups in total. The fraction of sp³-hybridized carbons (Fsp3) is 0.471. The molecule has 0 aliphatic carbocycles. The van der Waals surface area contributed by atoms with Crippen molar-refractivity contribution in [3.63, 3.8) is 0 Å². The van der Waals surface area contributed by atoms with Crippen LogP contribution in [0.1, 0.15) is 48.5 Å². The number of pyridine rings is 1. The molecule has 1 amide bonds. The number of nitrogens with zero attached hydrogens (tertiary/aromatic N) is 3. The molecule has 3 heterocycles. The fourth-order valence-corrected chi connectivity index (χ4v) is 2.64. The summed E-state index contributed by atoms with van der Waals surface area (Å²) >= 11 is 0. The minimum absolute atomic E-state index is 0.0339. The van der Waals surface area contributed by atoms with Crippen LogP contribution < -0.4 is 5.32 Å². The number of nitrogens with one attached hydrogen (secondary N) is 1. The molecular formula is C17H22N4O2. The van der Waals surface area contributed by atoms with Gasteiger partial charge in [-0.3, -0.25) is 4.79 Å². The van der Waals surface area contributed by atoms with Crippen molar-refractivity contribution in [2.75, 3.05) is 18.9 Å². The van der Waals surface area contributed by atoms with E-state index in [1.807, 2.05) is 0 Å². The summed E-state index contributed by atoms with van der Waals surface area (Å²) in [5.41, 5.74) is 1.32. The summed E-state index contributed by atoms with van der Waals surface area (Å²) in [6.45, 7) is 7.32. The van der Waals surface area contributed by atoms with E-state index < -0.39 is 0 Å². The lowest BCUT2D eigenvalue weighted by Crippen LogP contribution is -2.36. The van der Waals surface area contributed by atoms with E-state index in [2.05, 4.69) is 36.1 Å². The highest BCUT2D eigenvalue weighted by Crippen LogP contribution is 2.28. The normalized spacial score (nSPS) is 14.5. The number of rotatable bonds is 2. The van der Waals surface area contributed by atoms with Gasteiger partial charge in [0.25, 0.3) is 5.91 Å². The molecule has 0 bridgehead atoms. The summed E-state index contributed by atoms with van der Waals surface area (Å²) in [6, 6.07) is 3.57. The highest BCUT2D eigenvalue weighted by atomic mass is 16.4. The first-order valence-corrected chi connectivity index (χ1v) is 7.81. The molecule has 122 valence electrons. The maximum atomic E-state index is 12.8. The third-order valence-corrected chi connectivity index (χ3v) is 3.93. The Morgan fingerprint density at radius 3 is 2.87 bits per heavy atom. The third-order valence-electron chi connectivity index (χ3n) is 3.93. The molecule has 0 spiro atoms. The van der Waals surface area contributed by atoms with E-state index in [1.54, 1.807) is 30.3 Å². The highest BCUT2D eigenvalue weighted by Gasteiger charge is 2.30. The first kappa shape index (κ1) is 15.5. The molecule has 0 saturated heterocycles. The van der Waals surface area contributed by atoms with E-state index in [0.717, 1.165) is 17.3 Å². The quantitative estimate of drug-likeness (QED) is 0.922. The van der Waals surface area contributed by atoms with Gasteiger partial charge in [0.1, 0.15) is 17.3 Å². The van der Waals surface area contributed by atoms with Crippen molar-refractivity contribution in [3.05, 3.63) is 41.2 Å². The van der Waals surface area contributed by atoms with Crippen LogP contribution in [0.4, 0.5) is 5.82 Å². The molecular weight excluding hydrogens is 292 g/mol. The minimum Gasteiger partial charge on any atom is -0.445 e. The second kappa shape index (κ2) is 5.68. The van der Waals surface area contributed by atoms with E-state index in [0.29, 0.717) is 30.9 Å². The smallest absolute Gasteiger partial charge is 0.257 e. The van der Waals surface area contributed by atoms with Gasteiger partial charge in [-0.15, -0.1) is 0 Å². The molecule has 6 heteroatoms. The van der Waals surface area contributed by atoms with E-state index in [4.69, 9.17) is 4.42 Å². The van der Waals surface area contributed by atoms with Crippen molar-refractivity contribution < 1.29 is 9.21 Å².